The monoisotopic (exact) mass is 340 g/mol. The number of hydrogen-bond acceptors (Lipinski definition) is 4. The van der Waals surface area contributed by atoms with E-state index in [-0.39, 0.29) is 18.6 Å². The van der Waals surface area contributed by atoms with Crippen LogP contribution in [0.1, 0.15) is 24.0 Å². The van der Waals surface area contributed by atoms with Crippen LogP contribution in [-0.4, -0.2) is 51.2 Å². The molecule has 1 heterocycles. The Kier molecular flexibility index (Phi) is 5.64. The lowest BCUT2D eigenvalue weighted by molar-refractivity contribution is -0.134. The summed E-state index contributed by atoms with van der Waals surface area (Å²) in [5.41, 5.74) is 2.17. The number of nitrogens with zero attached hydrogens (tertiary/aromatic N) is 1. The van der Waals surface area contributed by atoms with E-state index in [1.54, 1.807) is 4.90 Å². The van der Waals surface area contributed by atoms with Gasteiger partial charge in [-0.25, -0.2) is 13.1 Å². The number of benzene rings is 1. The number of carbonyl (C=O) groups excluding carboxylic acids is 1. The van der Waals surface area contributed by atoms with Crippen LogP contribution in [0.4, 0.5) is 0 Å². The van der Waals surface area contributed by atoms with Crippen molar-refractivity contribution in [3.63, 3.8) is 0 Å². The summed E-state index contributed by atoms with van der Waals surface area (Å²) in [5, 5.41) is 0. The van der Waals surface area contributed by atoms with Gasteiger partial charge in [0.15, 0.2) is 6.61 Å². The zero-order valence-electron chi connectivity index (χ0n) is 13.8. The molecule has 0 saturated carbocycles. The molecular formula is C16H24N2O4S. The highest BCUT2D eigenvalue weighted by molar-refractivity contribution is 7.88. The Balaban J connectivity index is 1.82. The van der Waals surface area contributed by atoms with Gasteiger partial charge in [0, 0.05) is 19.1 Å². The highest BCUT2D eigenvalue weighted by atomic mass is 32.2. The average Bonchev–Trinajstić information content (AvgIpc) is 2.47. The van der Waals surface area contributed by atoms with Gasteiger partial charge in [-0.3, -0.25) is 4.79 Å². The van der Waals surface area contributed by atoms with E-state index in [0.717, 1.165) is 23.1 Å². The number of ether oxygens (including phenoxy) is 1. The maximum absolute atomic E-state index is 12.2. The molecule has 0 unspecified atom stereocenters. The fourth-order valence-corrected chi connectivity index (χ4v) is 3.50. The second-order valence-electron chi connectivity index (χ2n) is 6.03. The molecule has 1 aliphatic rings. The molecule has 0 radical (unpaired) electrons. The first-order valence-corrected chi connectivity index (χ1v) is 9.59. The van der Waals surface area contributed by atoms with Crippen molar-refractivity contribution >= 4 is 15.9 Å². The molecule has 1 aromatic rings. The van der Waals surface area contributed by atoms with Crippen molar-refractivity contribution in [1.29, 1.82) is 0 Å². The molecule has 7 heteroatoms. The molecule has 1 N–H and O–H groups in total. The Morgan fingerprint density at radius 3 is 2.57 bits per heavy atom. The number of hydrogen-bond donors (Lipinski definition) is 1. The van der Waals surface area contributed by atoms with E-state index < -0.39 is 10.0 Å². The van der Waals surface area contributed by atoms with Crippen LogP contribution in [0, 0.1) is 13.8 Å². The Hall–Kier alpha value is -1.60. The fraction of sp³-hybridized carbons (Fsp3) is 0.562. The number of rotatable bonds is 5. The van der Waals surface area contributed by atoms with Gasteiger partial charge in [-0.2, -0.15) is 0 Å². The number of carbonyl (C=O) groups is 1. The van der Waals surface area contributed by atoms with E-state index in [0.29, 0.717) is 25.9 Å². The zero-order chi connectivity index (χ0) is 17.0. The second-order valence-corrected chi connectivity index (χ2v) is 7.81. The minimum Gasteiger partial charge on any atom is -0.483 e. The number of nitrogens with one attached hydrogen (secondary N) is 1. The summed E-state index contributed by atoms with van der Waals surface area (Å²) in [5.74, 6) is 0.663. The molecule has 1 amide bonds. The van der Waals surface area contributed by atoms with Crippen molar-refractivity contribution in [3.8, 4) is 5.75 Å². The lowest BCUT2D eigenvalue weighted by Crippen LogP contribution is -2.47. The van der Waals surface area contributed by atoms with Gasteiger partial charge < -0.3 is 9.64 Å². The molecule has 0 bridgehead atoms. The van der Waals surface area contributed by atoms with Gasteiger partial charge in [0.05, 0.1) is 6.26 Å². The lowest BCUT2D eigenvalue weighted by Gasteiger charge is -2.32. The summed E-state index contributed by atoms with van der Waals surface area (Å²) in [6.07, 6.45) is 2.41. The van der Waals surface area contributed by atoms with E-state index in [9.17, 15) is 13.2 Å². The molecule has 2 rings (SSSR count). The number of sulfonamides is 1. The SMILES string of the molecule is Cc1cccc(OCC(=O)N2CCC(NS(C)(=O)=O)CC2)c1C. The standard InChI is InChI=1S/C16H24N2O4S/c1-12-5-4-6-15(13(12)2)22-11-16(19)18-9-7-14(8-10-18)17-23(3,20)21/h4-6,14,17H,7-11H2,1-3H3. The third-order valence-corrected chi connectivity index (χ3v) is 4.90. The van der Waals surface area contributed by atoms with E-state index in [1.165, 1.54) is 0 Å². The van der Waals surface area contributed by atoms with Crippen molar-refractivity contribution in [1.82, 2.24) is 9.62 Å². The number of likely N-dealkylation sites (tertiary alicyclic amines) is 1. The molecule has 0 aliphatic carbocycles. The third kappa shape index (κ3) is 5.21. The van der Waals surface area contributed by atoms with Crippen molar-refractivity contribution in [3.05, 3.63) is 29.3 Å². The quantitative estimate of drug-likeness (QED) is 0.874. The minimum atomic E-state index is -3.19. The molecule has 1 aromatic carbocycles. The van der Waals surface area contributed by atoms with Crippen molar-refractivity contribution < 1.29 is 17.9 Å². The fourth-order valence-electron chi connectivity index (χ4n) is 2.66. The maximum atomic E-state index is 12.2. The van der Waals surface area contributed by atoms with Gasteiger partial charge in [-0.15, -0.1) is 0 Å². The van der Waals surface area contributed by atoms with Crippen molar-refractivity contribution in [2.45, 2.75) is 32.7 Å². The van der Waals surface area contributed by atoms with Crippen LogP contribution in [0.15, 0.2) is 18.2 Å². The van der Waals surface area contributed by atoms with E-state index in [4.69, 9.17) is 4.74 Å². The van der Waals surface area contributed by atoms with Gasteiger partial charge in [0.2, 0.25) is 10.0 Å². The molecule has 0 atom stereocenters. The summed E-state index contributed by atoms with van der Waals surface area (Å²) >= 11 is 0. The van der Waals surface area contributed by atoms with E-state index in [1.807, 2.05) is 32.0 Å². The largest absolute Gasteiger partial charge is 0.483 e. The molecule has 1 saturated heterocycles. The highest BCUT2D eigenvalue weighted by Crippen LogP contribution is 2.20. The van der Waals surface area contributed by atoms with Crippen molar-refractivity contribution in [2.75, 3.05) is 26.0 Å². The number of aryl methyl sites for hydroxylation is 1. The molecular weight excluding hydrogens is 316 g/mol. The average molecular weight is 340 g/mol. The third-order valence-electron chi connectivity index (χ3n) is 4.13. The summed E-state index contributed by atoms with van der Waals surface area (Å²) in [4.78, 5) is 13.9. The van der Waals surface area contributed by atoms with Crippen LogP contribution >= 0.6 is 0 Å². The first-order valence-electron chi connectivity index (χ1n) is 7.70. The molecule has 1 aliphatic heterocycles. The number of amides is 1. The number of piperidine rings is 1. The summed E-state index contributed by atoms with van der Waals surface area (Å²) in [7, 11) is -3.19. The topological polar surface area (TPSA) is 75.7 Å². The van der Waals surface area contributed by atoms with Gasteiger partial charge in [-0.1, -0.05) is 12.1 Å². The van der Waals surface area contributed by atoms with Gasteiger partial charge >= 0.3 is 0 Å². The maximum Gasteiger partial charge on any atom is 0.260 e. The summed E-state index contributed by atoms with van der Waals surface area (Å²) in [6.45, 7) is 5.07. The van der Waals surface area contributed by atoms with Crippen LogP contribution in [0.5, 0.6) is 5.75 Å². The summed E-state index contributed by atoms with van der Waals surface area (Å²) < 4.78 is 30.7. The molecule has 0 spiro atoms. The Bertz CT molecular complexity index is 665. The second kappa shape index (κ2) is 7.31. The zero-order valence-corrected chi connectivity index (χ0v) is 14.6. The summed E-state index contributed by atoms with van der Waals surface area (Å²) in [6, 6.07) is 5.68. The highest BCUT2D eigenvalue weighted by Gasteiger charge is 2.24. The Morgan fingerprint density at radius 2 is 1.96 bits per heavy atom. The Morgan fingerprint density at radius 1 is 1.30 bits per heavy atom. The molecule has 6 nitrogen and oxygen atoms in total. The van der Waals surface area contributed by atoms with Crippen LogP contribution in [0.25, 0.3) is 0 Å². The molecule has 1 fully saturated rings. The van der Waals surface area contributed by atoms with Gasteiger partial charge in [0.1, 0.15) is 5.75 Å². The van der Waals surface area contributed by atoms with E-state index >= 15 is 0 Å². The molecule has 0 aromatic heterocycles. The lowest BCUT2D eigenvalue weighted by atomic mass is 10.1. The Labute approximate surface area is 137 Å². The predicted octanol–water partition coefficient (Wildman–Crippen LogP) is 1.22. The normalized spacial score (nSPS) is 16.4. The molecule has 23 heavy (non-hydrogen) atoms. The van der Waals surface area contributed by atoms with Crippen LogP contribution in [0.3, 0.4) is 0 Å². The first-order chi connectivity index (χ1) is 10.8. The van der Waals surface area contributed by atoms with E-state index in [2.05, 4.69) is 4.72 Å². The van der Waals surface area contributed by atoms with Crippen LogP contribution in [0.2, 0.25) is 0 Å². The predicted molar refractivity (Wildman–Crippen MR) is 89.0 cm³/mol. The smallest absolute Gasteiger partial charge is 0.260 e. The van der Waals surface area contributed by atoms with Crippen LogP contribution in [-0.2, 0) is 14.8 Å². The molecule has 128 valence electrons. The van der Waals surface area contributed by atoms with Gasteiger partial charge in [0.25, 0.3) is 5.91 Å². The van der Waals surface area contributed by atoms with Crippen LogP contribution < -0.4 is 9.46 Å². The van der Waals surface area contributed by atoms with Gasteiger partial charge in [-0.05, 0) is 43.9 Å². The van der Waals surface area contributed by atoms with Crippen molar-refractivity contribution in [2.24, 2.45) is 0 Å². The minimum absolute atomic E-state index is 0.00840. The first kappa shape index (κ1) is 17.7.